The molecular weight excluding hydrogens is 408 g/mol. The van der Waals surface area contributed by atoms with Crippen molar-refractivity contribution < 1.29 is 35.8 Å². The molecule has 0 amide bonds. The maximum Gasteiger partial charge on any atom is 0.425 e. The van der Waals surface area contributed by atoms with E-state index in [1.54, 1.807) is 0 Å². The maximum absolute atomic E-state index is 14.2. The molecule has 0 aliphatic rings. The predicted molar refractivity (Wildman–Crippen MR) is 89.7 cm³/mol. The van der Waals surface area contributed by atoms with Gasteiger partial charge < -0.3 is 9.47 Å². The highest BCUT2D eigenvalue weighted by Crippen LogP contribution is 2.30. The number of rotatable bonds is 7. The Hall–Kier alpha value is -2.96. The summed E-state index contributed by atoms with van der Waals surface area (Å²) in [5.74, 6) is -2.93. The van der Waals surface area contributed by atoms with Crippen LogP contribution in [0.4, 0.5) is 26.3 Å². The summed E-state index contributed by atoms with van der Waals surface area (Å²) in [6.45, 7) is 5.33. The van der Waals surface area contributed by atoms with Gasteiger partial charge in [-0.1, -0.05) is 0 Å². The first-order valence-corrected chi connectivity index (χ1v) is 7.83. The highest BCUT2D eigenvalue weighted by Gasteiger charge is 2.39. The van der Waals surface area contributed by atoms with Crippen molar-refractivity contribution in [2.75, 3.05) is 7.11 Å². The molecule has 0 unspecified atom stereocenters. The molecule has 0 spiro atoms. The summed E-state index contributed by atoms with van der Waals surface area (Å²) in [5.41, 5.74) is -0.202. The fraction of sp³-hybridized carbons (Fsp3) is 0.375. The van der Waals surface area contributed by atoms with Crippen LogP contribution in [0, 0.1) is 12.7 Å². The molecule has 1 atom stereocenters. The van der Waals surface area contributed by atoms with Crippen LogP contribution < -0.4 is 4.74 Å². The first-order valence-electron chi connectivity index (χ1n) is 7.83. The predicted octanol–water partition coefficient (Wildman–Crippen LogP) is 3.80. The van der Waals surface area contributed by atoms with Crippen LogP contribution in [0.25, 0.3) is 11.9 Å². The average molecular weight is 423 g/mol. The lowest BCUT2D eigenvalue weighted by atomic mass is 10.2. The third-order valence-corrected chi connectivity index (χ3v) is 3.66. The first kappa shape index (κ1) is 22.3. The molecule has 2 heterocycles. The summed E-state index contributed by atoms with van der Waals surface area (Å²) in [7, 11) is 0.769. The zero-order valence-electron chi connectivity index (χ0n) is 15.3. The Labute approximate surface area is 160 Å². The van der Waals surface area contributed by atoms with Crippen molar-refractivity contribution in [3.63, 3.8) is 0 Å². The van der Waals surface area contributed by atoms with E-state index in [1.807, 2.05) is 0 Å². The van der Waals surface area contributed by atoms with Gasteiger partial charge in [-0.3, -0.25) is 9.56 Å². The zero-order chi connectivity index (χ0) is 22.0. The van der Waals surface area contributed by atoms with Gasteiger partial charge in [0.2, 0.25) is 5.82 Å². The minimum atomic E-state index is -4.71. The number of methoxy groups -OCH3 is 1. The molecule has 2 rings (SSSR count). The zero-order valence-corrected chi connectivity index (χ0v) is 15.3. The van der Waals surface area contributed by atoms with Gasteiger partial charge in [-0.25, -0.2) is 9.37 Å². The Morgan fingerprint density at radius 1 is 1.28 bits per heavy atom. The van der Waals surface area contributed by atoms with Crippen molar-refractivity contribution in [2.45, 2.75) is 32.2 Å². The largest absolute Gasteiger partial charge is 0.463 e. The van der Waals surface area contributed by atoms with E-state index in [-0.39, 0.29) is 17.1 Å². The third-order valence-electron chi connectivity index (χ3n) is 3.66. The fourth-order valence-corrected chi connectivity index (χ4v) is 2.03. The molecule has 13 heteroatoms. The van der Waals surface area contributed by atoms with Crippen LogP contribution in [0.3, 0.4) is 0 Å². The fourth-order valence-electron chi connectivity index (χ4n) is 2.03. The minimum Gasteiger partial charge on any atom is -0.463 e. The Balaban J connectivity index is 2.43. The highest BCUT2D eigenvalue weighted by atomic mass is 19.4. The number of halogens is 6. The molecule has 29 heavy (non-hydrogen) atoms. The number of nitrogens with zero attached hydrogens (tertiary/aromatic N) is 5. The summed E-state index contributed by atoms with van der Waals surface area (Å²) < 4.78 is 88.9. The molecule has 0 bridgehead atoms. The van der Waals surface area contributed by atoms with Gasteiger partial charge in [0, 0.05) is 25.1 Å². The van der Waals surface area contributed by atoms with Gasteiger partial charge in [0.25, 0.3) is 5.88 Å². The molecule has 0 aliphatic heterocycles. The molecule has 0 radical (unpaired) electrons. The van der Waals surface area contributed by atoms with Crippen molar-refractivity contribution >= 4 is 18.6 Å². The molecule has 0 saturated heterocycles. The summed E-state index contributed by atoms with van der Waals surface area (Å²) in [4.78, 5) is 7.12. The summed E-state index contributed by atoms with van der Waals surface area (Å²) in [6.07, 6.45) is -8.80. The average Bonchev–Trinajstić information content (AvgIpc) is 3.01. The number of aliphatic imine (C=N–C) groups is 1. The van der Waals surface area contributed by atoms with Gasteiger partial charge in [-0.15, -0.1) is 10.2 Å². The Morgan fingerprint density at radius 2 is 1.93 bits per heavy atom. The minimum absolute atomic E-state index is 0.0326. The topological polar surface area (TPSA) is 74.4 Å². The van der Waals surface area contributed by atoms with Crippen LogP contribution in [0.2, 0.25) is 0 Å². The number of hydrogen-bond donors (Lipinski definition) is 0. The van der Waals surface area contributed by atoms with Gasteiger partial charge in [-0.2, -0.15) is 22.0 Å². The summed E-state index contributed by atoms with van der Waals surface area (Å²) in [5, 5.41) is 6.87. The van der Waals surface area contributed by atoms with Crippen LogP contribution in [0.15, 0.2) is 17.3 Å². The van der Waals surface area contributed by atoms with Crippen molar-refractivity contribution in [1.82, 2.24) is 19.7 Å². The van der Waals surface area contributed by atoms with Crippen molar-refractivity contribution in [3.05, 3.63) is 35.3 Å². The van der Waals surface area contributed by atoms with E-state index < -0.39 is 35.9 Å². The van der Waals surface area contributed by atoms with Gasteiger partial charge in [-0.05, 0) is 26.6 Å². The van der Waals surface area contributed by atoms with Crippen LogP contribution in [0.1, 0.15) is 24.1 Å². The van der Waals surface area contributed by atoms with E-state index in [0.29, 0.717) is 6.92 Å². The maximum atomic E-state index is 14.2. The standard InChI is InChI=1S/C16H15F6N5O2/c1-8(15(18,19)20)29-13-11(17)5-10(6-24-13)12(23-3)7-27-9(2)25-26-14(27)16(21,22)28-4/h5-8H,3H2,1-2,4H3/b12-7-/t8-/m1/s1. The van der Waals surface area contributed by atoms with E-state index in [1.165, 1.54) is 6.92 Å². The lowest BCUT2D eigenvalue weighted by Crippen LogP contribution is -2.31. The molecule has 2 aromatic rings. The lowest BCUT2D eigenvalue weighted by molar-refractivity contribution is -0.238. The molecule has 0 fully saturated rings. The van der Waals surface area contributed by atoms with E-state index >= 15 is 0 Å². The quantitative estimate of drug-likeness (QED) is 0.500. The normalized spacial score (nSPS) is 14.0. The van der Waals surface area contributed by atoms with Crippen LogP contribution in [-0.4, -0.2) is 45.9 Å². The molecule has 0 N–H and O–H groups in total. The van der Waals surface area contributed by atoms with E-state index in [4.69, 9.17) is 0 Å². The van der Waals surface area contributed by atoms with Crippen LogP contribution >= 0.6 is 0 Å². The molecular formula is C16H15F6N5O2. The Kier molecular flexibility index (Phi) is 6.30. The van der Waals surface area contributed by atoms with Gasteiger partial charge in [0.1, 0.15) is 5.82 Å². The summed E-state index contributed by atoms with van der Waals surface area (Å²) >= 11 is 0. The molecule has 0 aromatic carbocycles. The van der Waals surface area contributed by atoms with E-state index in [0.717, 1.165) is 30.1 Å². The van der Waals surface area contributed by atoms with E-state index in [2.05, 4.69) is 36.4 Å². The second-order valence-corrected chi connectivity index (χ2v) is 5.65. The third kappa shape index (κ3) is 4.91. The van der Waals surface area contributed by atoms with Crippen LogP contribution in [-0.2, 0) is 10.8 Å². The van der Waals surface area contributed by atoms with Crippen molar-refractivity contribution in [1.29, 1.82) is 0 Å². The molecule has 2 aromatic heterocycles. The first-order chi connectivity index (χ1) is 13.4. The second kappa shape index (κ2) is 8.19. The molecule has 158 valence electrons. The lowest BCUT2D eigenvalue weighted by Gasteiger charge is -2.17. The number of alkyl halides is 5. The van der Waals surface area contributed by atoms with Crippen molar-refractivity contribution in [3.8, 4) is 5.88 Å². The summed E-state index contributed by atoms with van der Waals surface area (Å²) in [6, 6.07) is 0.778. The molecule has 7 nitrogen and oxygen atoms in total. The van der Waals surface area contributed by atoms with E-state index in [9.17, 15) is 26.3 Å². The number of ether oxygens (including phenoxy) is 2. The van der Waals surface area contributed by atoms with Gasteiger partial charge in [0.05, 0.1) is 5.70 Å². The second-order valence-electron chi connectivity index (χ2n) is 5.65. The Bertz CT molecular complexity index is 925. The van der Waals surface area contributed by atoms with Crippen LogP contribution in [0.5, 0.6) is 5.88 Å². The number of pyridine rings is 1. The van der Waals surface area contributed by atoms with Gasteiger partial charge in [0.15, 0.2) is 11.9 Å². The number of hydrogen-bond acceptors (Lipinski definition) is 6. The highest BCUT2D eigenvalue weighted by molar-refractivity contribution is 5.77. The Morgan fingerprint density at radius 3 is 2.45 bits per heavy atom. The molecule has 0 saturated carbocycles. The smallest absolute Gasteiger partial charge is 0.425 e. The monoisotopic (exact) mass is 423 g/mol. The molecule has 0 aliphatic carbocycles. The number of aryl methyl sites for hydroxylation is 1. The van der Waals surface area contributed by atoms with Gasteiger partial charge >= 0.3 is 12.3 Å². The van der Waals surface area contributed by atoms with Crippen molar-refractivity contribution in [2.24, 2.45) is 4.99 Å². The number of aromatic nitrogens is 4. The SMILES string of the molecule is C=N/C(=C\n1c(C)nnc1C(F)(F)OC)c1cnc(O[C@H](C)C(F)(F)F)c(F)c1.